The van der Waals surface area contributed by atoms with Crippen molar-refractivity contribution >= 4 is 53.2 Å². The second-order valence-electron chi connectivity index (χ2n) is 21.5. The Bertz CT molecular complexity index is 2270. The van der Waals surface area contributed by atoms with Crippen molar-refractivity contribution in [1.29, 1.82) is 0 Å². The Kier molecular flexibility index (Phi) is 31.1. The Morgan fingerprint density at radius 2 is 1.02 bits per heavy atom. The van der Waals surface area contributed by atoms with Crippen molar-refractivity contribution in [2.75, 3.05) is 32.7 Å². The highest BCUT2D eigenvalue weighted by atomic mass is 16.3. The van der Waals surface area contributed by atoms with Crippen LogP contribution in [-0.4, -0.2) is 145 Å². The lowest BCUT2D eigenvalue weighted by atomic mass is 9.98. The van der Waals surface area contributed by atoms with Crippen LogP contribution in [0.25, 0.3) is 11.1 Å². The van der Waals surface area contributed by atoms with E-state index in [0.717, 1.165) is 43.2 Å². The number of amides is 9. The minimum Gasteiger partial charge on any atom is -0.393 e. The van der Waals surface area contributed by atoms with Crippen molar-refractivity contribution in [3.63, 3.8) is 0 Å². The van der Waals surface area contributed by atoms with Gasteiger partial charge < -0.3 is 75.9 Å². The third-order valence-electron chi connectivity index (χ3n) is 13.6. The molecule has 1 fully saturated rings. The monoisotopic (exact) mass is 1120 g/mol. The van der Waals surface area contributed by atoms with Gasteiger partial charge in [0.25, 0.3) is 0 Å². The maximum Gasteiger partial charge on any atom is 0.243 e. The van der Waals surface area contributed by atoms with E-state index in [2.05, 4.69) is 54.8 Å². The highest BCUT2D eigenvalue weighted by Gasteiger charge is 2.36. The predicted molar refractivity (Wildman–Crippen MR) is 306 cm³/mol. The Balaban J connectivity index is 2.13. The zero-order valence-corrected chi connectivity index (χ0v) is 47.6. The molecule has 0 unspecified atom stereocenters. The molecule has 9 amide bonds. The number of benzene rings is 2. The van der Waals surface area contributed by atoms with Crippen LogP contribution in [0.5, 0.6) is 0 Å². The summed E-state index contributed by atoms with van der Waals surface area (Å²) in [7, 11) is 0. The fraction of sp³-hybridized carbons (Fsp3) is 0.632. The summed E-state index contributed by atoms with van der Waals surface area (Å²) in [5.41, 5.74) is 26.2. The van der Waals surface area contributed by atoms with Gasteiger partial charge in [0.2, 0.25) is 53.2 Å². The molecule has 0 aromatic heterocycles. The number of nitrogens with two attached hydrogens (primary N) is 4. The summed E-state index contributed by atoms with van der Waals surface area (Å²) in [6, 6.07) is 6.46. The number of carbonyl (C=O) groups excluding carboxylic acids is 9. The van der Waals surface area contributed by atoms with E-state index in [1.165, 1.54) is 0 Å². The lowest BCUT2D eigenvalue weighted by Gasteiger charge is -2.28. The lowest BCUT2D eigenvalue weighted by molar-refractivity contribution is -0.136. The first-order valence-corrected chi connectivity index (χ1v) is 28.6. The first-order valence-electron chi connectivity index (χ1n) is 28.6. The predicted octanol–water partition coefficient (Wildman–Crippen LogP) is -0.107. The second-order valence-corrected chi connectivity index (χ2v) is 21.5. The molecule has 80 heavy (non-hydrogen) atoms. The molecule has 0 radical (unpaired) electrons. The standard InChI is InChI=1S/C57H93N13O10/c1-6-7-8-9-13-16-40(71)34-49(72)63-41(21-26-58)51(74)67-45-25-30-62-50(73)46(31-35(2)3)68-53(76)43(23-28-60)64-52(75)42(22-27-59)66-56(79)47(32-36(4)5)69-57(80)48(70-54(77)44(24-29-61)65-55(45)78)33-37-17-19-39(20-18-37)38-14-11-10-12-15-38/h10-12,14-15,17-20,35-36,40-48,71H,6-9,13,16,21-34,58-61H2,1-5H3,(H,62,73)(H,63,72)(H,64,75)(H,65,78)(H,66,79)(H,67,74)(H,68,76)(H,69,80)(H,70,77)/t40-,41+,42+,43+,44+,45-,46+,47+,48-/m1/s1. The molecule has 0 bridgehead atoms. The van der Waals surface area contributed by atoms with Crippen LogP contribution in [0, 0.1) is 11.8 Å². The number of aliphatic hydroxyl groups is 1. The SMILES string of the molecule is CCCCCCC[C@@H](O)CC(=O)N[C@@H](CCN)C(=O)N[C@@H]1CCNC(=O)[C@H](CC(C)C)NC(=O)[C@H](CCN)NC(=O)[C@H](CCN)NC(=O)[C@H](CC(C)C)NC(=O)[C@@H](Cc2ccc(-c3ccccc3)cc2)NC(=O)[C@H](CCN)NC1=O. The summed E-state index contributed by atoms with van der Waals surface area (Å²) >= 11 is 0. The van der Waals surface area contributed by atoms with E-state index in [0.29, 0.717) is 12.0 Å². The van der Waals surface area contributed by atoms with Crippen molar-refractivity contribution in [2.45, 2.75) is 185 Å². The molecule has 1 saturated heterocycles. The van der Waals surface area contributed by atoms with E-state index in [1.807, 2.05) is 70.2 Å². The number of aliphatic hydroxyl groups excluding tert-OH is 1. The van der Waals surface area contributed by atoms with E-state index in [1.54, 1.807) is 12.1 Å². The Morgan fingerprint density at radius 1 is 0.562 bits per heavy atom. The van der Waals surface area contributed by atoms with E-state index >= 15 is 0 Å². The largest absolute Gasteiger partial charge is 0.393 e. The van der Waals surface area contributed by atoms with Crippen LogP contribution >= 0.6 is 0 Å². The van der Waals surface area contributed by atoms with E-state index < -0.39 is 108 Å². The number of carbonyl (C=O) groups is 9. The van der Waals surface area contributed by atoms with Crippen LogP contribution in [-0.2, 0) is 49.6 Å². The maximum atomic E-state index is 14.6. The molecule has 446 valence electrons. The highest BCUT2D eigenvalue weighted by Crippen LogP contribution is 2.20. The fourth-order valence-electron chi connectivity index (χ4n) is 9.25. The molecule has 2 aromatic rings. The van der Waals surface area contributed by atoms with Crippen LogP contribution in [0.3, 0.4) is 0 Å². The molecule has 0 aliphatic carbocycles. The quantitative estimate of drug-likeness (QED) is 0.0547. The minimum atomic E-state index is -1.48. The van der Waals surface area contributed by atoms with Crippen molar-refractivity contribution < 1.29 is 48.3 Å². The zero-order valence-electron chi connectivity index (χ0n) is 47.6. The molecule has 18 N–H and O–H groups in total. The van der Waals surface area contributed by atoms with E-state index in [9.17, 15) is 48.3 Å². The van der Waals surface area contributed by atoms with Crippen LogP contribution in [0.2, 0.25) is 0 Å². The van der Waals surface area contributed by atoms with Crippen molar-refractivity contribution in [3.8, 4) is 11.1 Å². The van der Waals surface area contributed by atoms with Crippen LogP contribution in [0.4, 0.5) is 0 Å². The third-order valence-corrected chi connectivity index (χ3v) is 13.6. The smallest absolute Gasteiger partial charge is 0.243 e. The average Bonchev–Trinajstić information content (AvgIpc) is 3.43. The van der Waals surface area contributed by atoms with Gasteiger partial charge in [-0.1, -0.05) is 121 Å². The molecule has 23 nitrogen and oxygen atoms in total. The highest BCUT2D eigenvalue weighted by molar-refractivity contribution is 5.98. The molecule has 0 spiro atoms. The number of rotatable bonds is 26. The third kappa shape index (κ3) is 24.5. The van der Waals surface area contributed by atoms with Gasteiger partial charge in [0.15, 0.2) is 0 Å². The van der Waals surface area contributed by atoms with Crippen molar-refractivity contribution in [3.05, 3.63) is 60.2 Å². The molecule has 3 rings (SSSR count). The van der Waals surface area contributed by atoms with Crippen molar-refractivity contribution in [2.24, 2.45) is 34.8 Å². The van der Waals surface area contributed by atoms with Crippen LogP contribution in [0.1, 0.15) is 130 Å². The Labute approximate surface area is 471 Å². The number of unbranched alkanes of at least 4 members (excludes halogenated alkanes) is 4. The average molecular weight is 1120 g/mol. The molecule has 0 saturated carbocycles. The molecular formula is C57H93N13O10. The van der Waals surface area contributed by atoms with Gasteiger partial charge in [0.1, 0.15) is 48.3 Å². The molecule has 9 atom stereocenters. The maximum absolute atomic E-state index is 14.6. The summed E-state index contributed by atoms with van der Waals surface area (Å²) in [5, 5.41) is 35.0. The zero-order chi connectivity index (χ0) is 59.1. The lowest BCUT2D eigenvalue weighted by Crippen LogP contribution is -2.61. The summed E-state index contributed by atoms with van der Waals surface area (Å²) in [6.07, 6.45) is 3.46. The van der Waals surface area contributed by atoms with E-state index in [-0.39, 0.29) is 102 Å². The molecule has 1 aliphatic heterocycles. The number of hydrogen-bond acceptors (Lipinski definition) is 14. The van der Waals surface area contributed by atoms with Gasteiger partial charge in [0, 0.05) is 13.0 Å². The fourth-order valence-corrected chi connectivity index (χ4v) is 9.25. The second kappa shape index (κ2) is 36.7. The summed E-state index contributed by atoms with van der Waals surface area (Å²) in [4.78, 5) is 127. The van der Waals surface area contributed by atoms with Crippen LogP contribution in [0.15, 0.2) is 54.6 Å². The van der Waals surface area contributed by atoms with Gasteiger partial charge in [-0.25, -0.2) is 0 Å². The minimum absolute atomic E-state index is 0.0497. The topological polar surface area (TPSA) is 386 Å². The number of hydrogen-bond donors (Lipinski definition) is 14. The molecule has 2 aromatic carbocycles. The molecule has 1 heterocycles. The first kappa shape index (κ1) is 67.7. The van der Waals surface area contributed by atoms with Crippen molar-refractivity contribution in [1.82, 2.24) is 47.9 Å². The molecule has 1 aliphatic rings. The van der Waals surface area contributed by atoms with Gasteiger partial charge in [-0.05, 0) is 106 Å². The first-order chi connectivity index (χ1) is 38.2. The van der Waals surface area contributed by atoms with Gasteiger partial charge in [-0.2, -0.15) is 0 Å². The summed E-state index contributed by atoms with van der Waals surface area (Å²) in [6.45, 7) is 8.88. The normalized spacial score (nSPS) is 22.1. The van der Waals surface area contributed by atoms with Gasteiger partial charge in [-0.3, -0.25) is 43.2 Å². The van der Waals surface area contributed by atoms with Gasteiger partial charge in [0.05, 0.1) is 12.5 Å². The van der Waals surface area contributed by atoms with Gasteiger partial charge >= 0.3 is 0 Å². The molecular weight excluding hydrogens is 1030 g/mol. The van der Waals surface area contributed by atoms with Gasteiger partial charge in [-0.15, -0.1) is 0 Å². The Hall–Kier alpha value is -6.53. The summed E-state index contributed by atoms with van der Waals surface area (Å²) < 4.78 is 0. The number of nitrogens with one attached hydrogen (secondary N) is 9. The van der Waals surface area contributed by atoms with E-state index in [4.69, 9.17) is 22.9 Å². The molecule has 23 heteroatoms. The van der Waals surface area contributed by atoms with Crippen LogP contribution < -0.4 is 70.8 Å². The summed E-state index contributed by atoms with van der Waals surface area (Å²) in [5.74, 6) is -7.15. The Morgan fingerprint density at radius 3 is 1.54 bits per heavy atom.